The van der Waals surface area contributed by atoms with Gasteiger partial charge in [0.15, 0.2) is 9.84 Å². The lowest BCUT2D eigenvalue weighted by molar-refractivity contribution is -0.151. The van der Waals surface area contributed by atoms with Crippen LogP contribution in [0.5, 0.6) is 0 Å². The zero-order chi connectivity index (χ0) is 27.4. The van der Waals surface area contributed by atoms with E-state index >= 15 is 0 Å². The van der Waals surface area contributed by atoms with Crippen molar-refractivity contribution in [2.24, 2.45) is 5.92 Å². The van der Waals surface area contributed by atoms with Crippen LogP contribution in [0.25, 0.3) is 0 Å². The number of hydrogen-bond donors (Lipinski definition) is 1. The average Bonchev–Trinajstić information content (AvgIpc) is 3.73. The summed E-state index contributed by atoms with van der Waals surface area (Å²) in [6, 6.07) is 2.01. The molecule has 0 radical (unpaired) electrons. The maximum absolute atomic E-state index is 13.7. The Kier molecular flexibility index (Phi) is 9.19. The highest BCUT2D eigenvalue weighted by atomic mass is 32.2. The largest absolute Gasteiger partial charge is 0.407 e. The van der Waals surface area contributed by atoms with E-state index in [1.54, 1.807) is 6.92 Å². The van der Waals surface area contributed by atoms with E-state index in [4.69, 9.17) is 0 Å². The molecule has 1 aromatic carbocycles. The van der Waals surface area contributed by atoms with Crippen molar-refractivity contribution >= 4 is 33.1 Å². The molecule has 0 heterocycles. The normalized spacial score (nSPS) is 16.7. The summed E-state index contributed by atoms with van der Waals surface area (Å²) in [5, 5.41) is 3.52. The summed E-state index contributed by atoms with van der Waals surface area (Å²) in [7, 11) is -3.66. The molecule has 0 bridgehead atoms. The second-order valence-corrected chi connectivity index (χ2v) is 11.8. The molecule has 1 N–H and O–H groups in total. The van der Waals surface area contributed by atoms with E-state index in [9.17, 15) is 40.4 Å². The Morgan fingerprint density at radius 2 is 1.70 bits per heavy atom. The number of carbonyl (C=O) groups is 3. The van der Waals surface area contributed by atoms with Gasteiger partial charge in [-0.15, -0.1) is 0 Å². The molecule has 37 heavy (non-hydrogen) atoms. The summed E-state index contributed by atoms with van der Waals surface area (Å²) in [6.45, 7) is -0.0925. The predicted octanol–water partition coefficient (Wildman–Crippen LogP) is 3.17. The number of sulfone groups is 1. The van der Waals surface area contributed by atoms with Gasteiger partial charge < -0.3 is 5.32 Å². The predicted molar refractivity (Wildman–Crippen MR) is 128 cm³/mol. The number of hydrazine groups is 1. The molecule has 206 valence electrons. The van der Waals surface area contributed by atoms with Gasteiger partial charge in [-0.25, -0.2) is 17.8 Å². The fraction of sp³-hybridized carbons (Fsp3) is 0.625. The molecular formula is C24H31F4N3O5S. The van der Waals surface area contributed by atoms with Crippen LogP contribution in [0.15, 0.2) is 24.3 Å². The van der Waals surface area contributed by atoms with Crippen LogP contribution >= 0.6 is 0 Å². The van der Waals surface area contributed by atoms with Crippen LogP contribution in [0, 0.1) is 11.7 Å². The molecule has 2 saturated carbocycles. The third kappa shape index (κ3) is 8.97. The van der Waals surface area contributed by atoms with Crippen molar-refractivity contribution in [3.05, 3.63) is 30.1 Å². The van der Waals surface area contributed by atoms with Crippen LogP contribution in [0.2, 0.25) is 0 Å². The molecule has 2 amide bonds. The number of hydrogen-bond acceptors (Lipinski definition) is 6. The number of nitrogens with zero attached hydrogens (tertiary/aromatic N) is 2. The van der Waals surface area contributed by atoms with Gasteiger partial charge >= 0.3 is 6.18 Å². The monoisotopic (exact) mass is 549 g/mol. The SMILES string of the molecule is CCC[C@@H](C(=O)C(=O)NC1CC1)N(C(=O)CCS(=O)(=O)CC1CC1)N(CC(F)(F)F)c1ccc(F)cc1. The fourth-order valence-electron chi connectivity index (χ4n) is 3.91. The maximum atomic E-state index is 13.7. The number of anilines is 1. The Labute approximate surface area is 213 Å². The fourth-order valence-corrected chi connectivity index (χ4v) is 5.61. The van der Waals surface area contributed by atoms with Gasteiger partial charge in [-0.2, -0.15) is 13.2 Å². The number of halogens is 4. The smallest absolute Gasteiger partial charge is 0.347 e. The first-order chi connectivity index (χ1) is 17.3. The summed E-state index contributed by atoms with van der Waals surface area (Å²) in [4.78, 5) is 39.2. The molecule has 1 atom stereocenters. The van der Waals surface area contributed by atoms with E-state index in [1.807, 2.05) is 0 Å². The minimum absolute atomic E-state index is 0.0117. The van der Waals surface area contributed by atoms with Gasteiger partial charge in [-0.05, 0) is 62.3 Å². The third-order valence-corrected chi connectivity index (χ3v) is 7.88. The van der Waals surface area contributed by atoms with Crippen LogP contribution in [0.3, 0.4) is 0 Å². The molecule has 8 nitrogen and oxygen atoms in total. The second-order valence-electron chi connectivity index (χ2n) is 9.61. The zero-order valence-corrected chi connectivity index (χ0v) is 21.3. The molecule has 0 saturated heterocycles. The molecular weight excluding hydrogens is 518 g/mol. The van der Waals surface area contributed by atoms with E-state index in [0.29, 0.717) is 22.9 Å². The van der Waals surface area contributed by atoms with Crippen molar-refractivity contribution in [2.45, 2.75) is 70.1 Å². The van der Waals surface area contributed by atoms with Crippen LogP contribution in [-0.2, 0) is 24.2 Å². The lowest BCUT2D eigenvalue weighted by Gasteiger charge is -2.41. The number of carbonyl (C=O) groups excluding carboxylic acids is 3. The highest BCUT2D eigenvalue weighted by Crippen LogP contribution is 2.31. The number of alkyl halides is 3. The Balaban J connectivity index is 1.98. The molecule has 3 rings (SSSR count). The van der Waals surface area contributed by atoms with Crippen molar-refractivity contribution in [3.8, 4) is 0 Å². The summed E-state index contributed by atoms with van der Waals surface area (Å²) in [6.07, 6.45) is -2.61. The van der Waals surface area contributed by atoms with E-state index < -0.39 is 64.2 Å². The standard InChI is InChI=1S/C24H31F4N3O5S/c1-2-3-20(22(33)23(34)29-18-8-9-18)31(21(32)12-13-37(35,36)14-16-4-5-16)30(15-24(26,27)28)19-10-6-17(25)7-11-19/h6-7,10-11,16,18,20H,2-5,8-9,12-15H2,1H3,(H,29,34)/t20-/m0/s1. The Hall–Kier alpha value is -2.70. The van der Waals surface area contributed by atoms with Crippen LogP contribution in [-0.4, -0.2) is 67.3 Å². The average molecular weight is 550 g/mol. The number of nitrogens with one attached hydrogen (secondary N) is 1. The van der Waals surface area contributed by atoms with Crippen LogP contribution in [0.4, 0.5) is 23.2 Å². The molecule has 0 aromatic heterocycles. The summed E-state index contributed by atoms with van der Waals surface area (Å²) in [5.41, 5.74) is -0.246. The highest BCUT2D eigenvalue weighted by Gasteiger charge is 2.42. The molecule has 13 heteroatoms. The Bertz CT molecular complexity index is 1090. The van der Waals surface area contributed by atoms with Gasteiger partial charge in [0.1, 0.15) is 18.4 Å². The first kappa shape index (κ1) is 28.9. The van der Waals surface area contributed by atoms with E-state index in [1.165, 1.54) is 0 Å². The topological polar surface area (TPSA) is 104 Å². The molecule has 2 fully saturated rings. The van der Waals surface area contributed by atoms with Crippen LogP contribution < -0.4 is 10.3 Å². The quantitative estimate of drug-likeness (QED) is 0.217. The van der Waals surface area contributed by atoms with E-state index in [0.717, 1.165) is 37.1 Å². The zero-order valence-electron chi connectivity index (χ0n) is 20.5. The minimum atomic E-state index is -4.86. The molecule has 2 aliphatic carbocycles. The third-order valence-electron chi connectivity index (χ3n) is 6.08. The van der Waals surface area contributed by atoms with Crippen molar-refractivity contribution in [2.75, 3.05) is 23.1 Å². The van der Waals surface area contributed by atoms with Crippen molar-refractivity contribution < 1.29 is 40.4 Å². The Morgan fingerprint density at radius 1 is 1.08 bits per heavy atom. The van der Waals surface area contributed by atoms with Gasteiger partial charge in [-0.1, -0.05) is 13.3 Å². The first-order valence-corrected chi connectivity index (χ1v) is 14.1. The second kappa shape index (κ2) is 11.8. The summed E-state index contributed by atoms with van der Waals surface area (Å²) < 4.78 is 79.5. The number of Topliss-reactive ketones (excluding diaryl/α,β-unsaturated/α-hetero) is 1. The molecule has 0 unspecified atom stereocenters. The van der Waals surface area contributed by atoms with Gasteiger partial charge in [0.25, 0.3) is 5.91 Å². The van der Waals surface area contributed by atoms with Gasteiger partial charge in [-0.3, -0.25) is 19.4 Å². The summed E-state index contributed by atoms with van der Waals surface area (Å²) >= 11 is 0. The van der Waals surface area contributed by atoms with E-state index in [-0.39, 0.29) is 36.2 Å². The van der Waals surface area contributed by atoms with Crippen molar-refractivity contribution in [1.82, 2.24) is 10.3 Å². The molecule has 2 aliphatic rings. The van der Waals surface area contributed by atoms with Crippen molar-refractivity contribution in [1.29, 1.82) is 0 Å². The van der Waals surface area contributed by atoms with Gasteiger partial charge in [0.05, 0.1) is 17.2 Å². The summed E-state index contributed by atoms with van der Waals surface area (Å²) in [5.74, 6) is -4.63. The molecule has 1 aromatic rings. The number of amides is 2. The maximum Gasteiger partial charge on any atom is 0.407 e. The van der Waals surface area contributed by atoms with Gasteiger partial charge in [0, 0.05) is 12.5 Å². The Morgan fingerprint density at radius 3 is 2.22 bits per heavy atom. The highest BCUT2D eigenvalue weighted by molar-refractivity contribution is 7.91. The lowest BCUT2D eigenvalue weighted by atomic mass is 10.0. The lowest BCUT2D eigenvalue weighted by Crippen LogP contribution is -2.59. The number of rotatable bonds is 14. The first-order valence-electron chi connectivity index (χ1n) is 12.3. The number of benzene rings is 1. The van der Waals surface area contributed by atoms with Crippen LogP contribution in [0.1, 0.15) is 51.9 Å². The molecule has 0 spiro atoms. The minimum Gasteiger partial charge on any atom is -0.347 e. The van der Waals surface area contributed by atoms with Crippen molar-refractivity contribution in [3.63, 3.8) is 0 Å². The van der Waals surface area contributed by atoms with E-state index in [2.05, 4.69) is 5.32 Å². The number of ketones is 1. The molecule has 0 aliphatic heterocycles. The van der Waals surface area contributed by atoms with Gasteiger partial charge in [0.2, 0.25) is 11.7 Å².